The minimum absolute atomic E-state index is 0.0853. The van der Waals surface area contributed by atoms with Crippen molar-refractivity contribution < 1.29 is 4.11 Å². The first-order chi connectivity index (χ1) is 4.89. The van der Waals surface area contributed by atoms with Crippen LogP contribution in [0.3, 0.4) is 0 Å². The van der Waals surface area contributed by atoms with Crippen LogP contribution in [0.25, 0.3) is 0 Å². The van der Waals surface area contributed by atoms with Crippen LogP contribution in [-0.2, 0) is 0 Å². The molecule has 3 heteroatoms. The summed E-state index contributed by atoms with van der Waals surface area (Å²) in [6.07, 6.45) is 0.474. The molecule has 0 aliphatic rings. The second-order valence-corrected chi connectivity index (χ2v) is 7.73. The van der Waals surface area contributed by atoms with Crippen molar-refractivity contribution in [3.63, 3.8) is 0 Å². The highest BCUT2D eigenvalue weighted by molar-refractivity contribution is 6.72. The van der Waals surface area contributed by atoms with Crippen molar-refractivity contribution in [2.75, 3.05) is 0 Å². The zero-order valence-corrected chi connectivity index (χ0v) is 8.69. The SMILES string of the molecule is CC(CC#N)C(C)[Si](C)(C)F. The molecular formula is C8H16FNSi. The molecule has 0 saturated carbocycles. The molecule has 0 N–H and O–H groups in total. The van der Waals surface area contributed by atoms with E-state index in [1.165, 1.54) is 0 Å². The van der Waals surface area contributed by atoms with Crippen LogP contribution in [0.1, 0.15) is 20.3 Å². The highest BCUT2D eigenvalue weighted by atomic mass is 28.4. The Kier molecular flexibility index (Phi) is 3.74. The van der Waals surface area contributed by atoms with Crippen molar-refractivity contribution in [2.24, 2.45) is 5.92 Å². The van der Waals surface area contributed by atoms with E-state index < -0.39 is 8.41 Å². The molecule has 2 unspecified atom stereocenters. The fourth-order valence-corrected chi connectivity index (χ4v) is 2.47. The van der Waals surface area contributed by atoms with Gasteiger partial charge in [-0.25, -0.2) is 0 Å². The van der Waals surface area contributed by atoms with Gasteiger partial charge >= 0.3 is 0 Å². The van der Waals surface area contributed by atoms with Gasteiger partial charge < -0.3 is 4.11 Å². The van der Waals surface area contributed by atoms with Crippen LogP contribution in [-0.4, -0.2) is 8.41 Å². The molecule has 0 rings (SSSR count). The maximum atomic E-state index is 13.4. The third-order valence-electron chi connectivity index (χ3n) is 2.35. The summed E-state index contributed by atoms with van der Waals surface area (Å²) in [5, 5.41) is 8.39. The first-order valence-electron chi connectivity index (χ1n) is 3.95. The molecule has 0 radical (unpaired) electrons. The van der Waals surface area contributed by atoms with Gasteiger partial charge in [0.2, 0.25) is 8.41 Å². The van der Waals surface area contributed by atoms with E-state index in [1.54, 1.807) is 13.1 Å². The van der Waals surface area contributed by atoms with E-state index in [0.29, 0.717) is 6.42 Å². The Morgan fingerprint density at radius 3 is 2.18 bits per heavy atom. The first-order valence-corrected chi connectivity index (χ1v) is 6.91. The van der Waals surface area contributed by atoms with Crippen LogP contribution < -0.4 is 0 Å². The summed E-state index contributed by atoms with van der Waals surface area (Å²) < 4.78 is 13.4. The van der Waals surface area contributed by atoms with Crippen molar-refractivity contribution in [3.8, 4) is 6.07 Å². The Labute approximate surface area is 69.4 Å². The summed E-state index contributed by atoms with van der Waals surface area (Å²) in [4.78, 5) is 0. The number of halogens is 1. The second-order valence-electron chi connectivity index (χ2n) is 3.69. The number of nitriles is 1. The Morgan fingerprint density at radius 2 is 1.91 bits per heavy atom. The molecule has 0 aromatic carbocycles. The standard InChI is InChI=1S/C8H16FNSi/c1-7(5-6-10)8(2)11(3,4)9/h7-8H,5H2,1-4H3. The lowest BCUT2D eigenvalue weighted by atomic mass is 10.1. The molecule has 64 valence electrons. The molecule has 0 bridgehead atoms. The zero-order valence-electron chi connectivity index (χ0n) is 7.69. The normalized spacial score (nSPS) is 17.1. The maximum absolute atomic E-state index is 13.4. The molecule has 2 atom stereocenters. The predicted octanol–water partition coefficient (Wildman–Crippen LogP) is 3.10. The average Bonchev–Trinajstić information content (AvgIpc) is 1.85. The Balaban J connectivity index is 4.04. The van der Waals surface area contributed by atoms with Crippen LogP contribution in [0.4, 0.5) is 4.11 Å². The van der Waals surface area contributed by atoms with Crippen LogP contribution >= 0.6 is 0 Å². The fourth-order valence-electron chi connectivity index (χ4n) is 0.997. The third kappa shape index (κ3) is 3.52. The van der Waals surface area contributed by atoms with Crippen LogP contribution in [0.5, 0.6) is 0 Å². The van der Waals surface area contributed by atoms with Crippen molar-refractivity contribution in [1.82, 2.24) is 0 Å². The third-order valence-corrected chi connectivity index (χ3v) is 5.08. The van der Waals surface area contributed by atoms with Crippen molar-refractivity contribution in [3.05, 3.63) is 0 Å². The molecule has 0 amide bonds. The number of rotatable bonds is 3. The number of hydrogen-bond acceptors (Lipinski definition) is 1. The van der Waals surface area contributed by atoms with Gasteiger partial charge in [0.05, 0.1) is 6.07 Å². The molecule has 0 heterocycles. The lowest BCUT2D eigenvalue weighted by molar-refractivity contribution is 0.531. The van der Waals surface area contributed by atoms with Gasteiger partial charge in [-0.1, -0.05) is 13.8 Å². The lowest BCUT2D eigenvalue weighted by Gasteiger charge is -2.24. The van der Waals surface area contributed by atoms with Crippen LogP contribution in [0.2, 0.25) is 18.6 Å². The number of hydrogen-bond donors (Lipinski definition) is 0. The topological polar surface area (TPSA) is 23.8 Å². The van der Waals surface area contributed by atoms with Crippen LogP contribution in [0, 0.1) is 17.2 Å². The van der Waals surface area contributed by atoms with Gasteiger partial charge in [-0.05, 0) is 24.6 Å². The summed E-state index contributed by atoms with van der Waals surface area (Å²) in [5.74, 6) is 0.201. The van der Waals surface area contributed by atoms with E-state index in [2.05, 4.69) is 6.07 Å². The molecule has 0 aliphatic heterocycles. The van der Waals surface area contributed by atoms with Gasteiger partial charge in [0.15, 0.2) is 0 Å². The summed E-state index contributed by atoms with van der Waals surface area (Å²) in [5.41, 5.74) is 0.0853. The van der Waals surface area contributed by atoms with E-state index in [1.807, 2.05) is 13.8 Å². The molecule has 0 aliphatic carbocycles. The summed E-state index contributed by atoms with van der Waals surface area (Å²) in [6.45, 7) is 7.26. The summed E-state index contributed by atoms with van der Waals surface area (Å²) in [6, 6.07) is 2.08. The molecule has 0 aromatic heterocycles. The minimum Gasteiger partial charge on any atom is -0.314 e. The molecule has 0 aromatic rings. The number of nitrogens with zero attached hydrogens (tertiary/aromatic N) is 1. The van der Waals surface area contributed by atoms with E-state index in [-0.39, 0.29) is 11.5 Å². The van der Waals surface area contributed by atoms with Gasteiger partial charge in [0.1, 0.15) is 0 Å². The van der Waals surface area contributed by atoms with Crippen molar-refractivity contribution in [1.29, 1.82) is 5.26 Å². The summed E-state index contributed by atoms with van der Waals surface area (Å²) in [7, 11) is -2.51. The lowest BCUT2D eigenvalue weighted by Crippen LogP contribution is -2.29. The van der Waals surface area contributed by atoms with Gasteiger partial charge in [-0.2, -0.15) is 5.26 Å². The van der Waals surface area contributed by atoms with Crippen LogP contribution in [0.15, 0.2) is 0 Å². The highest BCUT2D eigenvalue weighted by Gasteiger charge is 2.32. The van der Waals surface area contributed by atoms with Gasteiger partial charge in [0, 0.05) is 6.42 Å². The Bertz CT molecular complexity index is 156. The van der Waals surface area contributed by atoms with Gasteiger partial charge in [-0.3, -0.25) is 0 Å². The summed E-state index contributed by atoms with van der Waals surface area (Å²) >= 11 is 0. The van der Waals surface area contributed by atoms with Crippen molar-refractivity contribution in [2.45, 2.75) is 38.9 Å². The van der Waals surface area contributed by atoms with E-state index in [4.69, 9.17) is 5.26 Å². The first kappa shape index (κ1) is 10.6. The largest absolute Gasteiger partial charge is 0.314 e. The van der Waals surface area contributed by atoms with E-state index >= 15 is 0 Å². The smallest absolute Gasteiger partial charge is 0.244 e. The predicted molar refractivity (Wildman–Crippen MR) is 47.4 cm³/mol. The quantitative estimate of drug-likeness (QED) is 0.475. The molecule has 0 spiro atoms. The monoisotopic (exact) mass is 173 g/mol. The van der Waals surface area contributed by atoms with Gasteiger partial charge in [0.25, 0.3) is 0 Å². The van der Waals surface area contributed by atoms with Crippen molar-refractivity contribution >= 4 is 8.41 Å². The molecule has 0 fully saturated rings. The van der Waals surface area contributed by atoms with E-state index in [0.717, 1.165) is 0 Å². The Morgan fingerprint density at radius 1 is 1.45 bits per heavy atom. The maximum Gasteiger partial charge on any atom is 0.244 e. The molecule has 11 heavy (non-hydrogen) atoms. The second kappa shape index (κ2) is 3.87. The zero-order chi connectivity index (χ0) is 9.07. The minimum atomic E-state index is -2.51. The molecular weight excluding hydrogens is 157 g/mol. The molecule has 1 nitrogen and oxygen atoms in total. The van der Waals surface area contributed by atoms with E-state index in [9.17, 15) is 4.11 Å². The Hall–Kier alpha value is -0.363. The van der Waals surface area contributed by atoms with Gasteiger partial charge in [-0.15, -0.1) is 0 Å². The average molecular weight is 173 g/mol. The fraction of sp³-hybridized carbons (Fsp3) is 0.875. The highest BCUT2D eigenvalue weighted by Crippen LogP contribution is 2.31. The molecule has 0 saturated heterocycles.